The topological polar surface area (TPSA) is 43.8 Å². The third-order valence-electron chi connectivity index (χ3n) is 5.04. The van der Waals surface area contributed by atoms with Crippen molar-refractivity contribution >= 4 is 11.7 Å². The van der Waals surface area contributed by atoms with Gasteiger partial charge in [0.2, 0.25) is 0 Å². The molecule has 0 amide bonds. The molecule has 3 unspecified atom stereocenters. The second-order valence-corrected chi connectivity index (χ2v) is 6.18. The number of nitrogens with zero attached hydrogens (tertiary/aromatic N) is 2. The van der Waals surface area contributed by atoms with Crippen LogP contribution in [-0.2, 0) is 0 Å². The van der Waals surface area contributed by atoms with Crippen LogP contribution in [0.5, 0.6) is 0 Å². The molecule has 20 heavy (non-hydrogen) atoms. The van der Waals surface area contributed by atoms with Gasteiger partial charge in [-0.05, 0) is 50.9 Å². The van der Waals surface area contributed by atoms with Gasteiger partial charge in [0, 0.05) is 30.9 Å². The minimum Gasteiger partial charge on any atom is -0.478 e. The van der Waals surface area contributed by atoms with Gasteiger partial charge in [0.25, 0.3) is 0 Å². The van der Waals surface area contributed by atoms with Gasteiger partial charge in [0.05, 0.1) is 5.56 Å². The predicted molar refractivity (Wildman–Crippen MR) is 79.4 cm³/mol. The number of benzene rings is 1. The minimum absolute atomic E-state index is 0.374. The normalized spacial score (nSPS) is 30.3. The number of carbonyl (C=O) groups is 1. The first-order valence-electron chi connectivity index (χ1n) is 7.36. The molecule has 4 heteroatoms. The fourth-order valence-electron chi connectivity index (χ4n) is 3.63. The summed E-state index contributed by atoms with van der Waals surface area (Å²) in [7, 11) is 2.22. The minimum atomic E-state index is -0.853. The first-order chi connectivity index (χ1) is 9.56. The van der Waals surface area contributed by atoms with Crippen LogP contribution in [0.25, 0.3) is 0 Å². The molecule has 0 aromatic heterocycles. The number of fused-ring (bicyclic) bond motifs is 1. The van der Waals surface area contributed by atoms with Crippen LogP contribution in [0.15, 0.2) is 24.3 Å². The van der Waals surface area contributed by atoms with Gasteiger partial charge in [-0.25, -0.2) is 4.79 Å². The molecule has 2 heterocycles. The lowest BCUT2D eigenvalue weighted by Gasteiger charge is -2.38. The van der Waals surface area contributed by atoms with Gasteiger partial charge in [-0.15, -0.1) is 0 Å². The number of rotatable bonds is 2. The quantitative estimate of drug-likeness (QED) is 0.898. The first-order valence-corrected chi connectivity index (χ1v) is 7.36. The second kappa shape index (κ2) is 5.09. The van der Waals surface area contributed by atoms with Crippen molar-refractivity contribution in [2.75, 3.05) is 25.0 Å². The van der Waals surface area contributed by atoms with Crippen LogP contribution in [0.4, 0.5) is 5.69 Å². The molecule has 1 aromatic carbocycles. The van der Waals surface area contributed by atoms with Gasteiger partial charge in [0.1, 0.15) is 0 Å². The Kier molecular flexibility index (Phi) is 3.42. The monoisotopic (exact) mass is 274 g/mol. The van der Waals surface area contributed by atoms with Crippen molar-refractivity contribution < 1.29 is 9.90 Å². The highest BCUT2D eigenvalue weighted by atomic mass is 16.4. The molecule has 2 fully saturated rings. The number of piperidine rings is 1. The van der Waals surface area contributed by atoms with E-state index < -0.39 is 5.97 Å². The summed E-state index contributed by atoms with van der Waals surface area (Å²) in [5.74, 6) is -0.140. The standard InChI is InChI=1S/C16H22N2O2/c1-11-6-7-13-9-18(10-15(13)17(11)2)14-5-3-4-12(8-14)16(19)20/h3-5,8,11,13,15H,6-7,9-10H2,1-2H3,(H,19,20). The Labute approximate surface area is 120 Å². The first kappa shape index (κ1) is 13.4. The second-order valence-electron chi connectivity index (χ2n) is 6.18. The summed E-state index contributed by atoms with van der Waals surface area (Å²) in [5, 5.41) is 9.11. The molecule has 0 bridgehead atoms. The third kappa shape index (κ3) is 2.29. The zero-order valence-electron chi connectivity index (χ0n) is 12.1. The summed E-state index contributed by atoms with van der Waals surface area (Å²) in [6.45, 7) is 4.35. The summed E-state index contributed by atoms with van der Waals surface area (Å²) in [6.07, 6.45) is 2.55. The van der Waals surface area contributed by atoms with Gasteiger partial charge >= 0.3 is 5.97 Å². The molecule has 108 valence electrons. The van der Waals surface area contributed by atoms with Crippen molar-refractivity contribution in [1.29, 1.82) is 0 Å². The van der Waals surface area contributed by atoms with E-state index in [2.05, 4.69) is 23.8 Å². The number of carboxylic acid groups (broad SMARTS) is 1. The third-order valence-corrected chi connectivity index (χ3v) is 5.04. The van der Waals surface area contributed by atoms with Crippen LogP contribution in [-0.4, -0.2) is 48.2 Å². The molecule has 3 atom stereocenters. The molecule has 0 radical (unpaired) electrons. The van der Waals surface area contributed by atoms with E-state index in [4.69, 9.17) is 5.11 Å². The van der Waals surface area contributed by atoms with E-state index >= 15 is 0 Å². The molecule has 2 aliphatic heterocycles. The van der Waals surface area contributed by atoms with E-state index in [-0.39, 0.29) is 0 Å². The number of likely N-dealkylation sites (tertiary alicyclic amines) is 1. The molecule has 1 aromatic rings. The highest BCUT2D eigenvalue weighted by molar-refractivity contribution is 5.88. The molecular weight excluding hydrogens is 252 g/mol. The average Bonchev–Trinajstić information content (AvgIpc) is 2.88. The highest BCUT2D eigenvalue weighted by Crippen LogP contribution is 2.35. The van der Waals surface area contributed by atoms with Gasteiger partial charge in [-0.2, -0.15) is 0 Å². The Morgan fingerprint density at radius 1 is 1.30 bits per heavy atom. The Morgan fingerprint density at radius 2 is 2.10 bits per heavy atom. The number of hydrogen-bond donors (Lipinski definition) is 1. The van der Waals surface area contributed by atoms with Gasteiger partial charge in [0.15, 0.2) is 0 Å². The lowest BCUT2D eigenvalue weighted by molar-refractivity contribution is 0.0697. The smallest absolute Gasteiger partial charge is 0.335 e. The lowest BCUT2D eigenvalue weighted by Crippen LogP contribution is -2.47. The van der Waals surface area contributed by atoms with Crippen molar-refractivity contribution in [3.63, 3.8) is 0 Å². The maximum atomic E-state index is 11.1. The molecule has 4 nitrogen and oxygen atoms in total. The van der Waals surface area contributed by atoms with Crippen LogP contribution in [0.2, 0.25) is 0 Å². The molecular formula is C16H22N2O2. The van der Waals surface area contributed by atoms with Gasteiger partial charge < -0.3 is 10.0 Å². The Bertz CT molecular complexity index is 517. The number of hydrogen-bond acceptors (Lipinski definition) is 3. The molecule has 2 saturated heterocycles. The zero-order valence-corrected chi connectivity index (χ0v) is 12.1. The fraction of sp³-hybridized carbons (Fsp3) is 0.562. The van der Waals surface area contributed by atoms with Crippen molar-refractivity contribution in [2.24, 2.45) is 5.92 Å². The van der Waals surface area contributed by atoms with E-state index in [1.165, 1.54) is 12.8 Å². The van der Waals surface area contributed by atoms with Crippen molar-refractivity contribution in [1.82, 2.24) is 4.90 Å². The van der Waals surface area contributed by atoms with Gasteiger partial charge in [-0.3, -0.25) is 4.90 Å². The van der Waals surface area contributed by atoms with Crippen molar-refractivity contribution in [3.05, 3.63) is 29.8 Å². The van der Waals surface area contributed by atoms with Crippen LogP contribution in [0.1, 0.15) is 30.1 Å². The number of carboxylic acids is 1. The van der Waals surface area contributed by atoms with E-state index in [0.717, 1.165) is 18.8 Å². The number of likely N-dealkylation sites (N-methyl/N-ethyl adjacent to an activating group) is 1. The highest BCUT2D eigenvalue weighted by Gasteiger charge is 2.39. The van der Waals surface area contributed by atoms with Gasteiger partial charge in [-0.1, -0.05) is 6.07 Å². The van der Waals surface area contributed by atoms with E-state index in [0.29, 0.717) is 23.6 Å². The van der Waals surface area contributed by atoms with Crippen LogP contribution >= 0.6 is 0 Å². The summed E-state index contributed by atoms with van der Waals surface area (Å²) >= 11 is 0. The summed E-state index contributed by atoms with van der Waals surface area (Å²) < 4.78 is 0. The van der Waals surface area contributed by atoms with Crippen molar-refractivity contribution in [2.45, 2.75) is 31.8 Å². The maximum absolute atomic E-state index is 11.1. The molecule has 0 spiro atoms. The predicted octanol–water partition coefficient (Wildman–Crippen LogP) is 2.30. The summed E-state index contributed by atoms with van der Waals surface area (Å²) in [4.78, 5) is 15.9. The van der Waals surface area contributed by atoms with Crippen LogP contribution in [0, 0.1) is 5.92 Å². The molecule has 2 aliphatic rings. The fourth-order valence-corrected chi connectivity index (χ4v) is 3.63. The number of anilines is 1. The summed E-state index contributed by atoms with van der Waals surface area (Å²) in [6, 6.07) is 8.57. The number of aromatic carboxylic acids is 1. The molecule has 0 saturated carbocycles. The zero-order chi connectivity index (χ0) is 14.3. The Balaban J connectivity index is 1.80. The Morgan fingerprint density at radius 3 is 2.85 bits per heavy atom. The van der Waals surface area contributed by atoms with Crippen molar-refractivity contribution in [3.8, 4) is 0 Å². The van der Waals surface area contributed by atoms with E-state index in [9.17, 15) is 4.79 Å². The van der Waals surface area contributed by atoms with Crippen LogP contribution in [0.3, 0.4) is 0 Å². The van der Waals surface area contributed by atoms with Crippen LogP contribution < -0.4 is 4.90 Å². The molecule has 0 aliphatic carbocycles. The maximum Gasteiger partial charge on any atom is 0.335 e. The largest absolute Gasteiger partial charge is 0.478 e. The SMILES string of the molecule is CC1CCC2CN(c3cccc(C(=O)O)c3)CC2N1C. The molecule has 1 N–H and O–H groups in total. The van der Waals surface area contributed by atoms with E-state index in [1.807, 2.05) is 12.1 Å². The Hall–Kier alpha value is -1.55. The molecule has 3 rings (SSSR count). The lowest BCUT2D eigenvalue weighted by atomic mass is 9.89. The van der Waals surface area contributed by atoms with E-state index in [1.54, 1.807) is 12.1 Å². The average molecular weight is 274 g/mol. The summed E-state index contributed by atoms with van der Waals surface area (Å²) in [5.41, 5.74) is 1.42.